The molecule has 0 atom stereocenters. The zero-order valence-electron chi connectivity index (χ0n) is 8.16. The lowest BCUT2D eigenvalue weighted by Crippen LogP contribution is -2.17. The number of aryl methyl sites for hydroxylation is 1. The third kappa shape index (κ3) is 2.82. The maximum absolute atomic E-state index is 5.33. The third-order valence-corrected chi connectivity index (χ3v) is 3.15. The Morgan fingerprint density at radius 1 is 1.50 bits per heavy atom. The van der Waals surface area contributed by atoms with E-state index in [1.54, 1.807) is 0 Å². The van der Waals surface area contributed by atoms with Gasteiger partial charge in [-0.15, -0.1) is 0 Å². The van der Waals surface area contributed by atoms with Crippen LogP contribution >= 0.6 is 15.9 Å². The highest BCUT2D eigenvalue weighted by Gasteiger charge is 2.13. The average Bonchev–Trinajstić information content (AvgIpc) is 2.63. The monoisotopic (exact) mass is 258 g/mol. The van der Waals surface area contributed by atoms with Crippen LogP contribution in [0.5, 0.6) is 0 Å². The van der Waals surface area contributed by atoms with E-state index in [0.29, 0.717) is 0 Å². The van der Waals surface area contributed by atoms with Crippen molar-refractivity contribution < 1.29 is 4.74 Å². The summed E-state index contributed by atoms with van der Waals surface area (Å²) in [4.78, 5) is 4.14. The van der Waals surface area contributed by atoms with E-state index in [1.165, 1.54) is 19.3 Å². The zero-order valence-corrected chi connectivity index (χ0v) is 9.74. The molecule has 0 unspecified atom stereocenters. The van der Waals surface area contributed by atoms with Crippen molar-refractivity contribution in [3.63, 3.8) is 0 Å². The van der Waals surface area contributed by atoms with Gasteiger partial charge in [-0.1, -0.05) is 0 Å². The minimum Gasteiger partial charge on any atom is -0.381 e. The summed E-state index contributed by atoms with van der Waals surface area (Å²) < 4.78 is 8.39. The molecule has 0 N–H and O–H groups in total. The Kier molecular flexibility index (Phi) is 3.59. The van der Waals surface area contributed by atoms with Gasteiger partial charge in [0.1, 0.15) is 4.60 Å². The first-order chi connectivity index (χ1) is 6.84. The highest BCUT2D eigenvalue weighted by atomic mass is 79.9. The highest BCUT2D eigenvalue weighted by Crippen LogP contribution is 2.19. The first-order valence-electron chi connectivity index (χ1n) is 5.09. The van der Waals surface area contributed by atoms with Crippen molar-refractivity contribution in [3.8, 4) is 0 Å². The predicted molar refractivity (Wildman–Crippen MR) is 58.1 cm³/mol. The molecule has 3 nitrogen and oxygen atoms in total. The lowest BCUT2D eigenvalue weighted by atomic mass is 9.97. The summed E-state index contributed by atoms with van der Waals surface area (Å²) in [6.07, 6.45) is 7.58. The molecule has 1 saturated heterocycles. The van der Waals surface area contributed by atoms with Crippen LogP contribution in [0.4, 0.5) is 0 Å². The van der Waals surface area contributed by atoms with Gasteiger partial charge in [0.2, 0.25) is 0 Å². The molecule has 1 aromatic rings. The molecule has 1 aliphatic heterocycles. The molecule has 0 saturated carbocycles. The SMILES string of the molecule is Brc1cn(CCC2CCOCC2)cn1. The number of hydrogen-bond donors (Lipinski definition) is 0. The Morgan fingerprint density at radius 2 is 2.29 bits per heavy atom. The first kappa shape index (κ1) is 10.2. The van der Waals surface area contributed by atoms with Crippen LogP contribution in [0.25, 0.3) is 0 Å². The summed E-state index contributed by atoms with van der Waals surface area (Å²) in [7, 11) is 0. The highest BCUT2D eigenvalue weighted by molar-refractivity contribution is 9.10. The summed E-state index contributed by atoms with van der Waals surface area (Å²) in [5.41, 5.74) is 0. The van der Waals surface area contributed by atoms with E-state index in [4.69, 9.17) is 4.74 Å². The molecule has 0 bridgehead atoms. The van der Waals surface area contributed by atoms with Crippen molar-refractivity contribution in [2.75, 3.05) is 13.2 Å². The van der Waals surface area contributed by atoms with E-state index < -0.39 is 0 Å². The minimum atomic E-state index is 0.838. The summed E-state index contributed by atoms with van der Waals surface area (Å²) in [6.45, 7) is 2.96. The van der Waals surface area contributed by atoms with Crippen molar-refractivity contribution in [2.24, 2.45) is 5.92 Å². The number of nitrogens with zero attached hydrogens (tertiary/aromatic N) is 2. The lowest BCUT2D eigenvalue weighted by Gasteiger charge is -2.21. The van der Waals surface area contributed by atoms with Crippen molar-refractivity contribution in [1.82, 2.24) is 9.55 Å². The van der Waals surface area contributed by atoms with Gasteiger partial charge < -0.3 is 9.30 Å². The molecule has 78 valence electrons. The Morgan fingerprint density at radius 3 is 2.93 bits per heavy atom. The first-order valence-corrected chi connectivity index (χ1v) is 5.89. The standard InChI is InChI=1S/C10H15BrN2O/c11-10-7-13(8-12-10)4-1-9-2-5-14-6-3-9/h7-9H,1-6H2. The number of halogens is 1. The molecule has 0 aliphatic carbocycles. The van der Waals surface area contributed by atoms with Crippen LogP contribution in [0, 0.1) is 5.92 Å². The molecule has 4 heteroatoms. The molecule has 1 aliphatic rings. The average molecular weight is 259 g/mol. The Balaban J connectivity index is 1.76. The van der Waals surface area contributed by atoms with Gasteiger partial charge in [-0.3, -0.25) is 0 Å². The molecule has 0 spiro atoms. The second-order valence-electron chi connectivity index (χ2n) is 3.78. The normalized spacial score (nSPS) is 18.6. The molecular weight excluding hydrogens is 244 g/mol. The molecule has 1 aromatic heterocycles. The Hall–Kier alpha value is -0.350. The van der Waals surface area contributed by atoms with E-state index in [0.717, 1.165) is 30.3 Å². The fraction of sp³-hybridized carbons (Fsp3) is 0.700. The van der Waals surface area contributed by atoms with Crippen molar-refractivity contribution >= 4 is 15.9 Å². The zero-order chi connectivity index (χ0) is 9.80. The Labute approximate surface area is 92.6 Å². The quantitative estimate of drug-likeness (QED) is 0.833. The number of rotatable bonds is 3. The van der Waals surface area contributed by atoms with Gasteiger partial charge in [0, 0.05) is 26.0 Å². The van der Waals surface area contributed by atoms with E-state index >= 15 is 0 Å². The molecule has 0 radical (unpaired) electrons. The van der Waals surface area contributed by atoms with Gasteiger partial charge in [0.15, 0.2) is 0 Å². The molecule has 2 rings (SSSR count). The van der Waals surface area contributed by atoms with Gasteiger partial charge in [-0.2, -0.15) is 0 Å². The van der Waals surface area contributed by atoms with Crippen molar-refractivity contribution in [3.05, 3.63) is 17.1 Å². The van der Waals surface area contributed by atoms with Crippen LogP contribution in [0.15, 0.2) is 17.1 Å². The van der Waals surface area contributed by atoms with Crippen molar-refractivity contribution in [1.29, 1.82) is 0 Å². The maximum Gasteiger partial charge on any atom is 0.124 e. The minimum absolute atomic E-state index is 0.838. The van der Waals surface area contributed by atoms with Crippen LogP contribution in [-0.4, -0.2) is 22.8 Å². The van der Waals surface area contributed by atoms with Gasteiger partial charge in [-0.25, -0.2) is 4.98 Å². The van der Waals surface area contributed by atoms with E-state index in [2.05, 4.69) is 25.5 Å². The van der Waals surface area contributed by atoms with Crippen LogP contribution < -0.4 is 0 Å². The molecule has 1 fully saturated rings. The molecule has 0 amide bonds. The Bertz CT molecular complexity index is 281. The topological polar surface area (TPSA) is 27.1 Å². The molecule has 0 aromatic carbocycles. The van der Waals surface area contributed by atoms with E-state index in [-0.39, 0.29) is 0 Å². The maximum atomic E-state index is 5.33. The smallest absolute Gasteiger partial charge is 0.124 e. The van der Waals surface area contributed by atoms with Gasteiger partial charge in [-0.05, 0) is 41.1 Å². The largest absolute Gasteiger partial charge is 0.381 e. The van der Waals surface area contributed by atoms with Gasteiger partial charge >= 0.3 is 0 Å². The van der Waals surface area contributed by atoms with Crippen LogP contribution in [0.2, 0.25) is 0 Å². The fourth-order valence-electron chi connectivity index (χ4n) is 1.82. The van der Waals surface area contributed by atoms with Gasteiger partial charge in [0.25, 0.3) is 0 Å². The number of ether oxygens (including phenoxy) is 1. The third-order valence-electron chi connectivity index (χ3n) is 2.74. The second-order valence-corrected chi connectivity index (χ2v) is 4.59. The number of imidazole rings is 1. The molecule has 14 heavy (non-hydrogen) atoms. The fourth-order valence-corrected chi connectivity index (χ4v) is 2.18. The van der Waals surface area contributed by atoms with E-state index in [1.807, 2.05) is 12.5 Å². The summed E-state index contributed by atoms with van der Waals surface area (Å²) in [5.74, 6) is 0.838. The summed E-state index contributed by atoms with van der Waals surface area (Å²) in [5, 5.41) is 0. The number of hydrogen-bond acceptors (Lipinski definition) is 2. The van der Waals surface area contributed by atoms with Crippen molar-refractivity contribution in [2.45, 2.75) is 25.8 Å². The molecular formula is C10H15BrN2O. The van der Waals surface area contributed by atoms with Crippen LogP contribution in [-0.2, 0) is 11.3 Å². The van der Waals surface area contributed by atoms with Gasteiger partial charge in [0.05, 0.1) is 6.33 Å². The van der Waals surface area contributed by atoms with Crippen LogP contribution in [0.3, 0.4) is 0 Å². The predicted octanol–water partition coefficient (Wildman–Crippen LogP) is 2.46. The lowest BCUT2D eigenvalue weighted by molar-refractivity contribution is 0.0626. The van der Waals surface area contributed by atoms with Crippen LogP contribution in [0.1, 0.15) is 19.3 Å². The summed E-state index contributed by atoms with van der Waals surface area (Å²) in [6, 6.07) is 0. The summed E-state index contributed by atoms with van der Waals surface area (Å²) >= 11 is 3.35. The second kappa shape index (κ2) is 4.94. The number of aromatic nitrogens is 2. The molecule has 2 heterocycles. The van der Waals surface area contributed by atoms with E-state index in [9.17, 15) is 0 Å².